The number of nitrogens with two attached hydrogens (primary N) is 1. The highest BCUT2D eigenvalue weighted by atomic mass is 16.4. The summed E-state index contributed by atoms with van der Waals surface area (Å²) < 4.78 is 0. The van der Waals surface area contributed by atoms with Crippen LogP contribution in [-0.2, 0) is 14.4 Å². The lowest BCUT2D eigenvalue weighted by Crippen LogP contribution is -2.44. The second-order valence-corrected chi connectivity index (χ2v) is 4.98. The lowest BCUT2D eigenvalue weighted by molar-refractivity contribution is -0.153. The minimum atomic E-state index is -1.13. The summed E-state index contributed by atoms with van der Waals surface area (Å²) in [5, 5.41) is 8.92. The highest BCUT2D eigenvalue weighted by molar-refractivity contribution is 6.14. The molecule has 0 aromatic carbocycles. The van der Waals surface area contributed by atoms with Crippen molar-refractivity contribution in [1.29, 1.82) is 0 Å². The van der Waals surface area contributed by atoms with Gasteiger partial charge in [0.15, 0.2) is 0 Å². The van der Waals surface area contributed by atoms with Gasteiger partial charge in [0.05, 0.1) is 5.56 Å². The summed E-state index contributed by atoms with van der Waals surface area (Å²) in [6.45, 7) is 1.92. The number of primary amides is 1. The third-order valence-corrected chi connectivity index (χ3v) is 3.22. The Bertz CT molecular complexity index is 624. The number of carboxylic acids is 1. The summed E-state index contributed by atoms with van der Waals surface area (Å²) in [7, 11) is 0. The number of aliphatic carboxylic acids is 1. The molecule has 0 spiro atoms. The number of carbonyl (C=O) groups excluding carboxylic acids is 3. The molecular weight excluding hydrogens is 314 g/mol. The number of nitrogens with zero attached hydrogens (tertiary/aromatic N) is 2. The van der Waals surface area contributed by atoms with Crippen molar-refractivity contribution >= 4 is 23.7 Å². The Balaban J connectivity index is 0.000000272. The Morgan fingerprint density at radius 2 is 1.92 bits per heavy atom. The van der Waals surface area contributed by atoms with Crippen LogP contribution in [0.4, 0.5) is 0 Å². The van der Waals surface area contributed by atoms with E-state index in [0.29, 0.717) is 18.4 Å². The van der Waals surface area contributed by atoms with Gasteiger partial charge in [-0.15, -0.1) is 0 Å². The smallest absolute Gasteiger partial charge is 0.326 e. The normalized spacial score (nSPS) is 14.1. The molecule has 2 rings (SSSR count). The van der Waals surface area contributed by atoms with Gasteiger partial charge in [-0.1, -0.05) is 19.8 Å². The van der Waals surface area contributed by atoms with Crippen LogP contribution in [0.3, 0.4) is 0 Å². The molecule has 0 radical (unpaired) electrons. The molecule has 8 heteroatoms. The number of hydrogen-bond acceptors (Lipinski definition) is 5. The van der Waals surface area contributed by atoms with Crippen molar-refractivity contribution in [2.45, 2.75) is 32.2 Å². The largest absolute Gasteiger partial charge is 0.480 e. The molecule has 3 N–H and O–H groups in total. The van der Waals surface area contributed by atoms with Crippen LogP contribution in [0.5, 0.6) is 0 Å². The lowest BCUT2D eigenvalue weighted by atomic mass is 10.1. The molecule has 1 aromatic rings. The molecule has 128 valence electrons. The van der Waals surface area contributed by atoms with Crippen LogP contribution in [0.25, 0.3) is 0 Å². The van der Waals surface area contributed by atoms with Crippen LogP contribution in [0.15, 0.2) is 36.7 Å². The molecule has 0 aliphatic carbocycles. The van der Waals surface area contributed by atoms with Crippen LogP contribution in [0, 0.1) is 0 Å². The van der Waals surface area contributed by atoms with E-state index >= 15 is 0 Å². The lowest BCUT2D eigenvalue weighted by Gasteiger charge is -2.21. The summed E-state index contributed by atoms with van der Waals surface area (Å²) >= 11 is 0. The minimum Gasteiger partial charge on any atom is -0.480 e. The van der Waals surface area contributed by atoms with E-state index in [0.717, 1.165) is 23.5 Å². The molecule has 1 aromatic heterocycles. The summed E-state index contributed by atoms with van der Waals surface area (Å²) in [6, 6.07) is 2.26. The fourth-order valence-corrected chi connectivity index (χ4v) is 1.99. The van der Waals surface area contributed by atoms with E-state index in [-0.39, 0.29) is 0 Å². The zero-order valence-electron chi connectivity index (χ0n) is 13.2. The van der Waals surface area contributed by atoms with E-state index in [2.05, 4.69) is 4.98 Å². The Kier molecular flexibility index (Phi) is 7.28. The van der Waals surface area contributed by atoms with Gasteiger partial charge in [-0.25, -0.2) is 4.79 Å². The fraction of sp³-hybridized carbons (Fsp3) is 0.312. The molecule has 0 bridgehead atoms. The van der Waals surface area contributed by atoms with Gasteiger partial charge < -0.3 is 10.8 Å². The van der Waals surface area contributed by atoms with Gasteiger partial charge in [-0.2, -0.15) is 0 Å². The average Bonchev–Trinajstić information content (AvgIpc) is 2.88. The van der Waals surface area contributed by atoms with Gasteiger partial charge in [0.2, 0.25) is 5.91 Å². The molecule has 8 nitrogen and oxygen atoms in total. The number of unbranched alkanes of at least 4 members (excludes halogenated alkanes) is 1. The number of imide groups is 1. The first kappa shape index (κ1) is 19.0. The van der Waals surface area contributed by atoms with Gasteiger partial charge in [0.25, 0.3) is 11.8 Å². The zero-order chi connectivity index (χ0) is 18.1. The Hall–Kier alpha value is -3.03. The maximum Gasteiger partial charge on any atom is 0.326 e. The van der Waals surface area contributed by atoms with Crippen molar-refractivity contribution in [2.24, 2.45) is 5.73 Å². The molecule has 1 atom stereocenters. The minimum absolute atomic E-state index is 0.311. The third kappa shape index (κ3) is 5.31. The van der Waals surface area contributed by atoms with Crippen LogP contribution >= 0.6 is 0 Å². The number of amides is 3. The molecule has 0 fully saturated rings. The summed E-state index contributed by atoms with van der Waals surface area (Å²) in [4.78, 5) is 48.3. The van der Waals surface area contributed by atoms with E-state index in [9.17, 15) is 19.2 Å². The number of carboxylic acid groups (broad SMARTS) is 1. The van der Waals surface area contributed by atoms with E-state index in [1.165, 1.54) is 6.20 Å². The van der Waals surface area contributed by atoms with Crippen molar-refractivity contribution in [2.75, 3.05) is 0 Å². The second kappa shape index (κ2) is 9.19. The maximum absolute atomic E-state index is 11.2. The number of rotatable bonds is 6. The van der Waals surface area contributed by atoms with E-state index in [4.69, 9.17) is 10.8 Å². The quantitative estimate of drug-likeness (QED) is 0.738. The number of hydrogen-bond donors (Lipinski definition) is 2. The van der Waals surface area contributed by atoms with Crippen LogP contribution in [-0.4, -0.2) is 44.7 Å². The number of carbonyl (C=O) groups is 4. The first-order chi connectivity index (χ1) is 11.4. The zero-order valence-corrected chi connectivity index (χ0v) is 13.2. The Morgan fingerprint density at radius 1 is 1.29 bits per heavy atom. The molecule has 0 saturated heterocycles. The molecule has 24 heavy (non-hydrogen) atoms. The van der Waals surface area contributed by atoms with Crippen LogP contribution < -0.4 is 5.73 Å². The van der Waals surface area contributed by atoms with Crippen molar-refractivity contribution in [3.8, 4) is 0 Å². The second-order valence-electron chi connectivity index (χ2n) is 4.98. The standard InChI is InChI=1S/C10H13NO4.C6H6N2O/c1-2-3-4-7(10(14)15)11-8(12)5-6-9(11)13;7-6(9)5-2-1-3-8-4-5/h5-7H,2-4H2,1H3,(H,14,15);1-4H,(H2,7,9). The van der Waals surface area contributed by atoms with E-state index in [1.54, 1.807) is 18.3 Å². The van der Waals surface area contributed by atoms with E-state index < -0.39 is 29.7 Å². The predicted molar refractivity (Wildman–Crippen MR) is 84.7 cm³/mol. The number of pyridine rings is 1. The molecule has 1 aliphatic rings. The summed E-state index contributed by atoms with van der Waals surface area (Å²) in [6.07, 6.45) is 7.04. The fourth-order valence-electron chi connectivity index (χ4n) is 1.99. The SMILES string of the molecule is CCCCC(C(=O)O)N1C(=O)C=CC1=O.NC(=O)c1cccnc1. The molecule has 2 heterocycles. The van der Waals surface area contributed by atoms with Crippen molar-refractivity contribution in [1.82, 2.24) is 9.88 Å². The number of aromatic nitrogens is 1. The van der Waals surface area contributed by atoms with Gasteiger partial charge in [0, 0.05) is 24.5 Å². The molecule has 0 saturated carbocycles. The summed E-state index contributed by atoms with van der Waals surface area (Å²) in [5.41, 5.74) is 5.38. The van der Waals surface area contributed by atoms with E-state index in [1.807, 2.05) is 6.92 Å². The van der Waals surface area contributed by atoms with Gasteiger partial charge in [0.1, 0.15) is 6.04 Å². The van der Waals surface area contributed by atoms with Crippen LogP contribution in [0.1, 0.15) is 36.5 Å². The monoisotopic (exact) mass is 333 g/mol. The summed E-state index contributed by atoms with van der Waals surface area (Å²) in [5.74, 6) is -2.65. The molecule has 1 aliphatic heterocycles. The average molecular weight is 333 g/mol. The van der Waals surface area contributed by atoms with Crippen LogP contribution in [0.2, 0.25) is 0 Å². The maximum atomic E-state index is 11.2. The highest BCUT2D eigenvalue weighted by Crippen LogP contribution is 2.14. The van der Waals surface area contributed by atoms with Gasteiger partial charge >= 0.3 is 5.97 Å². The molecule has 3 amide bonds. The van der Waals surface area contributed by atoms with Crippen molar-refractivity contribution in [3.63, 3.8) is 0 Å². The Morgan fingerprint density at radius 3 is 2.29 bits per heavy atom. The van der Waals surface area contributed by atoms with Crippen molar-refractivity contribution in [3.05, 3.63) is 42.2 Å². The predicted octanol–water partition coefficient (Wildman–Crippen LogP) is 0.735. The van der Waals surface area contributed by atoms with Gasteiger partial charge in [-0.05, 0) is 18.6 Å². The highest BCUT2D eigenvalue weighted by Gasteiger charge is 2.35. The molecule has 1 unspecified atom stereocenters. The molecular formula is C16H19N3O5. The Labute approximate surface area is 139 Å². The first-order valence-corrected chi connectivity index (χ1v) is 7.36. The van der Waals surface area contributed by atoms with Crippen molar-refractivity contribution < 1.29 is 24.3 Å². The van der Waals surface area contributed by atoms with Gasteiger partial charge in [-0.3, -0.25) is 24.3 Å². The topological polar surface area (TPSA) is 131 Å². The first-order valence-electron chi connectivity index (χ1n) is 7.36. The third-order valence-electron chi connectivity index (χ3n) is 3.22.